The van der Waals surface area contributed by atoms with Crippen molar-refractivity contribution in [3.8, 4) is 0 Å². The van der Waals surface area contributed by atoms with Gasteiger partial charge in [0, 0.05) is 11.6 Å². The van der Waals surface area contributed by atoms with Gasteiger partial charge < -0.3 is 21.2 Å². The molecule has 1 aromatic carbocycles. The van der Waals surface area contributed by atoms with E-state index < -0.39 is 0 Å². The van der Waals surface area contributed by atoms with Crippen molar-refractivity contribution >= 4 is 11.7 Å². The summed E-state index contributed by atoms with van der Waals surface area (Å²) in [7, 11) is 2.10. The predicted octanol–water partition coefficient (Wildman–Crippen LogP) is 0.534. The van der Waals surface area contributed by atoms with Gasteiger partial charge in [0.1, 0.15) is 0 Å². The standard InChI is InChI=1S/C15H22N4O2/c1-19-8-6-13(7-9-19)17-14(20)10-11-2-4-12(5-3-11)15(16)18-21/h2-5,13,21H,6-10H2,1H3,(H2,16,18)(H,17,20). The van der Waals surface area contributed by atoms with E-state index in [4.69, 9.17) is 10.9 Å². The number of amides is 1. The lowest BCUT2D eigenvalue weighted by Crippen LogP contribution is -2.43. The van der Waals surface area contributed by atoms with Gasteiger partial charge in [-0.2, -0.15) is 0 Å². The number of carbonyl (C=O) groups excluding carboxylic acids is 1. The van der Waals surface area contributed by atoms with Crippen molar-refractivity contribution in [3.63, 3.8) is 0 Å². The molecule has 1 aliphatic heterocycles. The molecule has 1 heterocycles. The second-order valence-corrected chi connectivity index (χ2v) is 5.50. The van der Waals surface area contributed by atoms with Crippen molar-refractivity contribution in [1.82, 2.24) is 10.2 Å². The lowest BCUT2D eigenvalue weighted by Gasteiger charge is -2.29. The number of piperidine rings is 1. The number of carbonyl (C=O) groups is 1. The molecule has 1 aromatic rings. The minimum atomic E-state index is 0.0427. The Kier molecular flexibility index (Phi) is 5.16. The molecular formula is C15H22N4O2. The van der Waals surface area contributed by atoms with E-state index in [1.54, 1.807) is 12.1 Å². The highest BCUT2D eigenvalue weighted by Crippen LogP contribution is 2.09. The fraction of sp³-hybridized carbons (Fsp3) is 0.467. The molecule has 0 radical (unpaired) electrons. The Morgan fingerprint density at radius 1 is 1.38 bits per heavy atom. The van der Waals surface area contributed by atoms with Crippen LogP contribution < -0.4 is 11.1 Å². The maximum Gasteiger partial charge on any atom is 0.224 e. The summed E-state index contributed by atoms with van der Waals surface area (Å²) in [5, 5.41) is 14.6. The average Bonchev–Trinajstić information content (AvgIpc) is 2.49. The van der Waals surface area contributed by atoms with E-state index in [0.717, 1.165) is 31.5 Å². The Morgan fingerprint density at radius 2 is 2.00 bits per heavy atom. The van der Waals surface area contributed by atoms with Crippen molar-refractivity contribution < 1.29 is 10.0 Å². The molecule has 1 aliphatic rings. The third-order valence-corrected chi connectivity index (χ3v) is 3.81. The monoisotopic (exact) mass is 290 g/mol. The molecule has 2 rings (SSSR count). The van der Waals surface area contributed by atoms with Gasteiger partial charge in [-0.05, 0) is 38.5 Å². The number of benzene rings is 1. The number of nitrogens with zero attached hydrogens (tertiary/aromatic N) is 2. The summed E-state index contributed by atoms with van der Waals surface area (Å²) in [6, 6.07) is 7.41. The molecule has 0 aliphatic carbocycles. The molecule has 21 heavy (non-hydrogen) atoms. The molecule has 0 bridgehead atoms. The van der Waals surface area contributed by atoms with E-state index in [0.29, 0.717) is 12.0 Å². The number of nitrogens with two attached hydrogens (primary N) is 1. The number of oxime groups is 1. The average molecular weight is 290 g/mol. The number of rotatable bonds is 4. The van der Waals surface area contributed by atoms with Crippen molar-refractivity contribution in [2.24, 2.45) is 10.9 Å². The molecule has 0 unspecified atom stereocenters. The number of hydrogen-bond donors (Lipinski definition) is 3. The van der Waals surface area contributed by atoms with Crippen molar-refractivity contribution in [2.45, 2.75) is 25.3 Å². The van der Waals surface area contributed by atoms with E-state index in [9.17, 15) is 4.79 Å². The quantitative estimate of drug-likeness (QED) is 0.326. The summed E-state index contributed by atoms with van der Waals surface area (Å²) >= 11 is 0. The van der Waals surface area contributed by atoms with E-state index in [1.165, 1.54) is 0 Å². The summed E-state index contributed by atoms with van der Waals surface area (Å²) in [5.41, 5.74) is 7.05. The smallest absolute Gasteiger partial charge is 0.224 e. The molecule has 6 heteroatoms. The van der Waals surface area contributed by atoms with Gasteiger partial charge >= 0.3 is 0 Å². The maximum atomic E-state index is 12.0. The second kappa shape index (κ2) is 7.08. The van der Waals surface area contributed by atoms with Gasteiger partial charge in [0.15, 0.2) is 5.84 Å². The molecule has 1 amide bonds. The lowest BCUT2D eigenvalue weighted by molar-refractivity contribution is -0.121. The van der Waals surface area contributed by atoms with Gasteiger partial charge in [-0.15, -0.1) is 0 Å². The van der Waals surface area contributed by atoms with Gasteiger partial charge in [0.25, 0.3) is 0 Å². The van der Waals surface area contributed by atoms with Crippen LogP contribution in [0, 0.1) is 0 Å². The Balaban J connectivity index is 1.85. The van der Waals surface area contributed by atoms with Crippen LogP contribution in [0.3, 0.4) is 0 Å². The molecular weight excluding hydrogens is 268 g/mol. The highest BCUT2D eigenvalue weighted by Gasteiger charge is 2.18. The molecule has 0 saturated carbocycles. The third kappa shape index (κ3) is 4.46. The largest absolute Gasteiger partial charge is 0.409 e. The highest BCUT2D eigenvalue weighted by molar-refractivity contribution is 5.97. The number of nitrogens with one attached hydrogen (secondary N) is 1. The van der Waals surface area contributed by atoms with Crippen LogP contribution in [-0.2, 0) is 11.2 Å². The van der Waals surface area contributed by atoms with Crippen molar-refractivity contribution in [2.75, 3.05) is 20.1 Å². The predicted molar refractivity (Wildman–Crippen MR) is 81.3 cm³/mol. The molecule has 4 N–H and O–H groups in total. The molecule has 1 saturated heterocycles. The van der Waals surface area contributed by atoms with Gasteiger partial charge in [-0.1, -0.05) is 29.4 Å². The summed E-state index contributed by atoms with van der Waals surface area (Å²) in [6.45, 7) is 2.05. The van der Waals surface area contributed by atoms with Crippen LogP contribution in [0.5, 0.6) is 0 Å². The minimum absolute atomic E-state index is 0.0427. The van der Waals surface area contributed by atoms with E-state index in [2.05, 4.69) is 22.4 Å². The van der Waals surface area contributed by atoms with Crippen molar-refractivity contribution in [3.05, 3.63) is 35.4 Å². The van der Waals surface area contributed by atoms with Gasteiger partial charge in [0.2, 0.25) is 5.91 Å². The summed E-state index contributed by atoms with van der Waals surface area (Å²) in [5.74, 6) is 0.110. The van der Waals surface area contributed by atoms with Crippen molar-refractivity contribution in [1.29, 1.82) is 0 Å². The lowest BCUT2D eigenvalue weighted by atomic mass is 10.0. The zero-order chi connectivity index (χ0) is 15.2. The molecule has 0 atom stereocenters. The van der Waals surface area contributed by atoms with Crippen LogP contribution in [0.25, 0.3) is 0 Å². The van der Waals surface area contributed by atoms with Gasteiger partial charge in [0.05, 0.1) is 6.42 Å². The Bertz CT molecular complexity index is 505. The zero-order valence-corrected chi connectivity index (χ0v) is 12.2. The van der Waals surface area contributed by atoms with Crippen LogP contribution in [0.2, 0.25) is 0 Å². The number of hydrogen-bond acceptors (Lipinski definition) is 4. The SMILES string of the molecule is CN1CCC(NC(=O)Cc2ccc(C(N)=NO)cc2)CC1. The van der Waals surface area contributed by atoms with Crippen LogP contribution >= 0.6 is 0 Å². The number of amidine groups is 1. The second-order valence-electron chi connectivity index (χ2n) is 5.50. The first-order chi connectivity index (χ1) is 10.1. The summed E-state index contributed by atoms with van der Waals surface area (Å²) in [4.78, 5) is 14.3. The van der Waals surface area contributed by atoms with Crippen LogP contribution in [0.15, 0.2) is 29.4 Å². The van der Waals surface area contributed by atoms with Crippen LogP contribution in [0.1, 0.15) is 24.0 Å². The Hall–Kier alpha value is -2.08. The fourth-order valence-corrected chi connectivity index (χ4v) is 2.47. The molecule has 0 spiro atoms. The highest BCUT2D eigenvalue weighted by atomic mass is 16.4. The van der Waals surface area contributed by atoms with E-state index in [-0.39, 0.29) is 17.8 Å². The van der Waals surface area contributed by atoms with E-state index >= 15 is 0 Å². The number of likely N-dealkylation sites (tertiary alicyclic amines) is 1. The summed E-state index contributed by atoms with van der Waals surface area (Å²) in [6.07, 6.45) is 2.36. The Labute approximate surface area is 124 Å². The Morgan fingerprint density at radius 3 is 2.57 bits per heavy atom. The molecule has 6 nitrogen and oxygen atoms in total. The van der Waals surface area contributed by atoms with Crippen LogP contribution in [0.4, 0.5) is 0 Å². The van der Waals surface area contributed by atoms with Gasteiger partial charge in [-0.25, -0.2) is 0 Å². The summed E-state index contributed by atoms with van der Waals surface area (Å²) < 4.78 is 0. The maximum absolute atomic E-state index is 12.0. The first-order valence-corrected chi connectivity index (χ1v) is 7.13. The van der Waals surface area contributed by atoms with Crippen LogP contribution in [-0.4, -0.2) is 48.0 Å². The first kappa shape index (κ1) is 15.3. The molecule has 114 valence electrons. The van der Waals surface area contributed by atoms with E-state index in [1.807, 2.05) is 12.1 Å². The molecule has 0 aromatic heterocycles. The van der Waals surface area contributed by atoms with Gasteiger partial charge in [-0.3, -0.25) is 4.79 Å². The molecule has 1 fully saturated rings. The normalized spacial score (nSPS) is 17.7. The minimum Gasteiger partial charge on any atom is -0.409 e. The fourth-order valence-electron chi connectivity index (χ4n) is 2.47. The zero-order valence-electron chi connectivity index (χ0n) is 12.2. The first-order valence-electron chi connectivity index (χ1n) is 7.13. The third-order valence-electron chi connectivity index (χ3n) is 3.81. The topological polar surface area (TPSA) is 91.0 Å².